The fraction of sp³-hybridized carbons (Fsp3) is 0.333. The van der Waals surface area contributed by atoms with E-state index < -0.39 is 9.84 Å². The SMILES string of the molecule is CC1CCc2c(sc(NC(=O)c3ccc(S(C)(=O)=O)cc3)c2C#N)C1. The molecule has 0 fully saturated rings. The second kappa shape index (κ2) is 6.62. The van der Waals surface area contributed by atoms with Crippen molar-refractivity contribution < 1.29 is 13.2 Å². The molecule has 1 heterocycles. The van der Waals surface area contributed by atoms with E-state index in [0.29, 0.717) is 22.0 Å². The highest BCUT2D eigenvalue weighted by atomic mass is 32.2. The molecule has 1 aromatic heterocycles. The van der Waals surface area contributed by atoms with Crippen molar-refractivity contribution in [2.75, 3.05) is 11.6 Å². The first-order chi connectivity index (χ1) is 11.8. The van der Waals surface area contributed by atoms with Crippen LogP contribution in [0, 0.1) is 17.2 Å². The summed E-state index contributed by atoms with van der Waals surface area (Å²) in [5.41, 5.74) is 1.98. The van der Waals surface area contributed by atoms with Gasteiger partial charge in [-0.3, -0.25) is 4.79 Å². The second-order valence-corrected chi connectivity index (χ2v) is 9.54. The molecule has 25 heavy (non-hydrogen) atoms. The van der Waals surface area contributed by atoms with Crippen LogP contribution >= 0.6 is 11.3 Å². The summed E-state index contributed by atoms with van der Waals surface area (Å²) in [7, 11) is -3.29. The first-order valence-corrected chi connectivity index (χ1v) is 10.7. The average Bonchev–Trinajstić information content (AvgIpc) is 2.90. The van der Waals surface area contributed by atoms with Gasteiger partial charge >= 0.3 is 0 Å². The molecule has 0 spiro atoms. The van der Waals surface area contributed by atoms with Crippen molar-refractivity contribution in [1.82, 2.24) is 0 Å². The zero-order chi connectivity index (χ0) is 18.2. The number of hydrogen-bond donors (Lipinski definition) is 1. The monoisotopic (exact) mass is 374 g/mol. The molecule has 0 saturated carbocycles. The predicted octanol–water partition coefficient (Wildman–Crippen LogP) is 3.40. The first-order valence-electron chi connectivity index (χ1n) is 7.95. The molecule has 1 aliphatic rings. The quantitative estimate of drug-likeness (QED) is 0.892. The van der Waals surface area contributed by atoms with Crippen LogP contribution in [0.3, 0.4) is 0 Å². The van der Waals surface area contributed by atoms with Gasteiger partial charge < -0.3 is 5.32 Å². The minimum Gasteiger partial charge on any atom is -0.312 e. The number of benzene rings is 1. The lowest BCUT2D eigenvalue weighted by molar-refractivity contribution is 0.102. The highest BCUT2D eigenvalue weighted by Crippen LogP contribution is 2.39. The molecule has 2 aromatic rings. The summed E-state index contributed by atoms with van der Waals surface area (Å²) < 4.78 is 23.0. The summed E-state index contributed by atoms with van der Waals surface area (Å²) in [6.45, 7) is 2.19. The van der Waals surface area contributed by atoms with Crippen molar-refractivity contribution in [3.63, 3.8) is 0 Å². The van der Waals surface area contributed by atoms with E-state index in [1.807, 2.05) is 0 Å². The standard InChI is InChI=1S/C18H18N2O3S2/c1-11-3-8-14-15(10-19)18(24-16(14)9-11)20-17(21)12-4-6-13(7-5-12)25(2,22)23/h4-7,11H,3,8-9H2,1-2H3,(H,20,21). The van der Waals surface area contributed by atoms with Crippen molar-refractivity contribution in [2.45, 2.75) is 31.1 Å². The minimum absolute atomic E-state index is 0.169. The third-order valence-corrected chi connectivity index (χ3v) is 6.69. The number of rotatable bonds is 3. The number of nitrogens with zero attached hydrogens (tertiary/aromatic N) is 1. The van der Waals surface area contributed by atoms with Crippen LogP contribution in [0.1, 0.15) is 39.7 Å². The zero-order valence-corrected chi connectivity index (χ0v) is 15.6. The Balaban J connectivity index is 1.85. The van der Waals surface area contributed by atoms with Gasteiger partial charge in [-0.2, -0.15) is 5.26 Å². The van der Waals surface area contributed by atoms with Crippen molar-refractivity contribution >= 4 is 32.1 Å². The summed E-state index contributed by atoms with van der Waals surface area (Å²) in [5, 5.41) is 12.9. The molecule has 5 nitrogen and oxygen atoms in total. The number of carbonyl (C=O) groups is 1. The largest absolute Gasteiger partial charge is 0.312 e. The lowest BCUT2D eigenvalue weighted by Gasteiger charge is -2.17. The van der Waals surface area contributed by atoms with Crippen LogP contribution in [0.2, 0.25) is 0 Å². The molecule has 0 bridgehead atoms. The van der Waals surface area contributed by atoms with E-state index in [-0.39, 0.29) is 10.8 Å². The second-order valence-electron chi connectivity index (χ2n) is 6.42. The van der Waals surface area contributed by atoms with Crippen LogP contribution in [0.25, 0.3) is 0 Å². The van der Waals surface area contributed by atoms with Crippen LogP contribution in [0.5, 0.6) is 0 Å². The number of anilines is 1. The number of thiophene rings is 1. The van der Waals surface area contributed by atoms with Crippen LogP contribution in [-0.2, 0) is 22.7 Å². The van der Waals surface area contributed by atoms with Gasteiger partial charge in [0.25, 0.3) is 5.91 Å². The topological polar surface area (TPSA) is 87.0 Å². The van der Waals surface area contributed by atoms with Gasteiger partial charge in [-0.15, -0.1) is 11.3 Å². The van der Waals surface area contributed by atoms with E-state index in [4.69, 9.17) is 0 Å². The molecular weight excluding hydrogens is 356 g/mol. The van der Waals surface area contributed by atoms with Gasteiger partial charge in [0.2, 0.25) is 0 Å². The Hall–Kier alpha value is -2.17. The summed E-state index contributed by atoms with van der Waals surface area (Å²) in [6.07, 6.45) is 3.99. The first kappa shape index (κ1) is 17.6. The predicted molar refractivity (Wildman–Crippen MR) is 97.7 cm³/mol. The minimum atomic E-state index is -3.29. The third kappa shape index (κ3) is 3.60. The average molecular weight is 374 g/mol. The van der Waals surface area contributed by atoms with E-state index in [1.54, 1.807) is 0 Å². The highest BCUT2D eigenvalue weighted by molar-refractivity contribution is 7.90. The molecule has 7 heteroatoms. The number of hydrogen-bond acceptors (Lipinski definition) is 5. The van der Waals surface area contributed by atoms with E-state index in [9.17, 15) is 18.5 Å². The lowest BCUT2D eigenvalue weighted by Crippen LogP contribution is -2.12. The maximum atomic E-state index is 12.5. The van der Waals surface area contributed by atoms with E-state index in [2.05, 4.69) is 18.3 Å². The number of nitrogens with one attached hydrogen (secondary N) is 1. The molecule has 1 aliphatic carbocycles. The molecule has 0 aliphatic heterocycles. The Kier molecular flexibility index (Phi) is 4.67. The molecule has 0 saturated heterocycles. The molecule has 1 amide bonds. The Morgan fingerprint density at radius 2 is 2.00 bits per heavy atom. The summed E-state index contributed by atoms with van der Waals surface area (Å²) in [5.74, 6) is 0.243. The number of sulfone groups is 1. The molecule has 130 valence electrons. The smallest absolute Gasteiger partial charge is 0.256 e. The van der Waals surface area contributed by atoms with Gasteiger partial charge in [0.1, 0.15) is 11.1 Å². The van der Waals surface area contributed by atoms with Crippen molar-refractivity contribution in [3.05, 3.63) is 45.8 Å². The fourth-order valence-electron chi connectivity index (χ4n) is 2.99. The summed E-state index contributed by atoms with van der Waals surface area (Å²) >= 11 is 1.47. The molecule has 3 rings (SSSR count). The summed E-state index contributed by atoms with van der Waals surface area (Å²) in [6, 6.07) is 8.01. The van der Waals surface area contributed by atoms with Gasteiger partial charge in [0.05, 0.1) is 10.5 Å². The Bertz CT molecular complexity index is 967. The Morgan fingerprint density at radius 1 is 1.32 bits per heavy atom. The fourth-order valence-corrected chi connectivity index (χ4v) is 4.97. The van der Waals surface area contributed by atoms with Crippen molar-refractivity contribution in [2.24, 2.45) is 5.92 Å². The van der Waals surface area contributed by atoms with Crippen LogP contribution in [-0.4, -0.2) is 20.6 Å². The molecule has 1 atom stereocenters. The van der Waals surface area contributed by atoms with Crippen LogP contribution in [0.4, 0.5) is 5.00 Å². The summed E-state index contributed by atoms with van der Waals surface area (Å²) in [4.78, 5) is 13.8. The van der Waals surface area contributed by atoms with Gasteiger partial charge in [-0.1, -0.05) is 6.92 Å². The van der Waals surface area contributed by atoms with Crippen molar-refractivity contribution in [1.29, 1.82) is 5.26 Å². The van der Waals surface area contributed by atoms with Crippen LogP contribution < -0.4 is 5.32 Å². The van der Waals surface area contributed by atoms with Gasteiger partial charge in [-0.05, 0) is 55.0 Å². The Morgan fingerprint density at radius 3 is 2.60 bits per heavy atom. The maximum Gasteiger partial charge on any atom is 0.256 e. The van der Waals surface area contributed by atoms with Crippen molar-refractivity contribution in [3.8, 4) is 6.07 Å². The number of fused-ring (bicyclic) bond motifs is 1. The Labute approximate surface area is 151 Å². The van der Waals surface area contributed by atoms with Crippen LogP contribution in [0.15, 0.2) is 29.2 Å². The molecule has 1 aromatic carbocycles. The molecule has 1 unspecified atom stereocenters. The van der Waals surface area contributed by atoms with E-state index in [1.165, 1.54) is 40.5 Å². The molecule has 0 radical (unpaired) electrons. The third-order valence-electron chi connectivity index (χ3n) is 4.40. The normalized spacial score (nSPS) is 16.8. The maximum absolute atomic E-state index is 12.5. The number of nitriles is 1. The van der Waals surface area contributed by atoms with E-state index in [0.717, 1.165) is 31.1 Å². The zero-order valence-electron chi connectivity index (χ0n) is 14.0. The van der Waals surface area contributed by atoms with E-state index >= 15 is 0 Å². The van der Waals surface area contributed by atoms with Gasteiger partial charge in [-0.25, -0.2) is 8.42 Å². The number of carbonyl (C=O) groups excluding carboxylic acids is 1. The molecule has 1 N–H and O–H groups in total. The highest BCUT2D eigenvalue weighted by Gasteiger charge is 2.24. The van der Waals surface area contributed by atoms with Gasteiger partial charge in [0, 0.05) is 16.7 Å². The number of amides is 1. The van der Waals surface area contributed by atoms with Gasteiger partial charge in [0.15, 0.2) is 9.84 Å². The lowest BCUT2D eigenvalue weighted by atomic mass is 9.88. The molecular formula is C18H18N2O3S2.